The number of nitrogens with one attached hydrogen (secondary N) is 1. The molecule has 66 valence electrons. The lowest BCUT2D eigenvalue weighted by Crippen LogP contribution is -2.28. The molecule has 0 aliphatic carbocycles. The van der Waals surface area contributed by atoms with Gasteiger partial charge in [0.25, 0.3) is 0 Å². The fourth-order valence-electron chi connectivity index (χ4n) is 1.12. The van der Waals surface area contributed by atoms with Crippen molar-refractivity contribution in [3.63, 3.8) is 0 Å². The van der Waals surface area contributed by atoms with E-state index in [0.717, 1.165) is 0 Å². The number of amides is 1. The summed E-state index contributed by atoms with van der Waals surface area (Å²) in [5.74, 6) is 0.302. The Hall–Kier alpha value is -1.36. The number of pyridine rings is 1. The fourth-order valence-corrected chi connectivity index (χ4v) is 1.85. The quantitative estimate of drug-likeness (QED) is 0.726. The molecule has 0 unspecified atom stereocenters. The SMILES string of the molecule is N=C1SCC(=O)N1c1cccnc1. The monoisotopic (exact) mass is 193 g/mol. The molecule has 4 nitrogen and oxygen atoms in total. The molecule has 1 fully saturated rings. The van der Waals surface area contributed by atoms with Gasteiger partial charge < -0.3 is 0 Å². The van der Waals surface area contributed by atoms with E-state index in [-0.39, 0.29) is 11.1 Å². The van der Waals surface area contributed by atoms with Crippen LogP contribution >= 0.6 is 11.8 Å². The van der Waals surface area contributed by atoms with E-state index in [0.29, 0.717) is 11.4 Å². The zero-order valence-corrected chi connectivity index (χ0v) is 7.54. The first kappa shape index (κ1) is 8.25. The number of carbonyl (C=O) groups is 1. The Morgan fingerprint density at radius 1 is 1.62 bits per heavy atom. The molecule has 1 N–H and O–H groups in total. The number of amidine groups is 1. The molecule has 0 spiro atoms. The highest BCUT2D eigenvalue weighted by Gasteiger charge is 2.28. The van der Waals surface area contributed by atoms with Crippen molar-refractivity contribution in [2.75, 3.05) is 10.7 Å². The predicted octanol–water partition coefficient (Wildman–Crippen LogP) is 1.10. The number of anilines is 1. The minimum atomic E-state index is -0.0528. The molecule has 0 saturated carbocycles. The summed E-state index contributed by atoms with van der Waals surface area (Å²) in [7, 11) is 0. The molecule has 0 bridgehead atoms. The number of hydrogen-bond donors (Lipinski definition) is 1. The lowest BCUT2D eigenvalue weighted by atomic mass is 10.4. The van der Waals surface area contributed by atoms with Gasteiger partial charge in [0.1, 0.15) is 0 Å². The second kappa shape index (κ2) is 3.18. The average molecular weight is 193 g/mol. The van der Waals surface area contributed by atoms with Crippen LogP contribution in [-0.4, -0.2) is 21.8 Å². The van der Waals surface area contributed by atoms with Gasteiger partial charge >= 0.3 is 0 Å². The van der Waals surface area contributed by atoms with E-state index in [9.17, 15) is 4.79 Å². The maximum Gasteiger partial charge on any atom is 0.243 e. The van der Waals surface area contributed by atoms with E-state index < -0.39 is 0 Å². The Labute approximate surface area is 79.5 Å². The van der Waals surface area contributed by atoms with Crippen molar-refractivity contribution < 1.29 is 4.79 Å². The second-order valence-electron chi connectivity index (χ2n) is 2.53. The average Bonchev–Trinajstić information content (AvgIpc) is 2.48. The summed E-state index contributed by atoms with van der Waals surface area (Å²) >= 11 is 1.24. The van der Waals surface area contributed by atoms with Crippen molar-refractivity contribution in [1.29, 1.82) is 5.41 Å². The minimum Gasteiger partial charge on any atom is -0.278 e. The van der Waals surface area contributed by atoms with Gasteiger partial charge in [-0.2, -0.15) is 0 Å². The first-order valence-corrected chi connectivity index (χ1v) is 4.72. The fraction of sp³-hybridized carbons (Fsp3) is 0.125. The number of hydrogen-bond acceptors (Lipinski definition) is 4. The lowest BCUT2D eigenvalue weighted by molar-refractivity contribution is -0.115. The summed E-state index contributed by atoms with van der Waals surface area (Å²) < 4.78 is 0. The third kappa shape index (κ3) is 1.42. The molecule has 1 amide bonds. The number of aromatic nitrogens is 1. The van der Waals surface area contributed by atoms with Crippen LogP contribution in [0.1, 0.15) is 0 Å². The lowest BCUT2D eigenvalue weighted by Gasteiger charge is -2.13. The maximum atomic E-state index is 11.3. The molecule has 1 saturated heterocycles. The van der Waals surface area contributed by atoms with Gasteiger partial charge in [0.2, 0.25) is 5.91 Å². The van der Waals surface area contributed by atoms with E-state index >= 15 is 0 Å². The van der Waals surface area contributed by atoms with E-state index in [1.807, 2.05) is 0 Å². The highest BCUT2D eigenvalue weighted by Crippen LogP contribution is 2.24. The maximum absolute atomic E-state index is 11.3. The first-order valence-electron chi connectivity index (χ1n) is 3.73. The molecule has 2 rings (SSSR count). The van der Waals surface area contributed by atoms with Gasteiger partial charge in [0.15, 0.2) is 5.17 Å². The largest absolute Gasteiger partial charge is 0.278 e. The smallest absolute Gasteiger partial charge is 0.243 e. The normalized spacial score (nSPS) is 16.8. The van der Waals surface area contributed by atoms with Crippen LogP contribution < -0.4 is 4.90 Å². The van der Waals surface area contributed by atoms with Gasteiger partial charge in [0.05, 0.1) is 17.6 Å². The first-order chi connectivity index (χ1) is 6.29. The summed E-state index contributed by atoms with van der Waals surface area (Å²) in [4.78, 5) is 16.6. The van der Waals surface area contributed by atoms with Crippen LogP contribution in [-0.2, 0) is 4.79 Å². The molecule has 1 aliphatic rings. The van der Waals surface area contributed by atoms with Crippen molar-refractivity contribution in [3.05, 3.63) is 24.5 Å². The number of rotatable bonds is 1. The summed E-state index contributed by atoms with van der Waals surface area (Å²) in [5, 5.41) is 7.79. The molecule has 5 heteroatoms. The van der Waals surface area contributed by atoms with Crippen LogP contribution in [0.25, 0.3) is 0 Å². The molecule has 1 aromatic rings. The topological polar surface area (TPSA) is 57.1 Å². The molecule has 13 heavy (non-hydrogen) atoms. The van der Waals surface area contributed by atoms with Crippen molar-refractivity contribution in [3.8, 4) is 0 Å². The van der Waals surface area contributed by atoms with Gasteiger partial charge in [-0.05, 0) is 12.1 Å². The highest BCUT2D eigenvalue weighted by molar-refractivity contribution is 8.15. The molecule has 2 heterocycles. The summed E-state index contributed by atoms with van der Waals surface area (Å²) in [6.45, 7) is 0. The van der Waals surface area contributed by atoms with E-state index in [1.165, 1.54) is 16.7 Å². The zero-order chi connectivity index (χ0) is 9.26. The summed E-state index contributed by atoms with van der Waals surface area (Å²) in [5.41, 5.74) is 0.669. The van der Waals surface area contributed by atoms with E-state index in [2.05, 4.69) is 4.98 Å². The molecule has 0 aromatic carbocycles. The molecule has 0 radical (unpaired) electrons. The van der Waals surface area contributed by atoms with Gasteiger partial charge in [-0.25, -0.2) is 0 Å². The van der Waals surface area contributed by atoms with Crippen molar-refractivity contribution in [2.45, 2.75) is 0 Å². The minimum absolute atomic E-state index is 0.0528. The molecule has 0 atom stereocenters. The van der Waals surface area contributed by atoms with Crippen LogP contribution in [0.3, 0.4) is 0 Å². The van der Waals surface area contributed by atoms with Gasteiger partial charge in [-0.1, -0.05) is 11.8 Å². The third-order valence-electron chi connectivity index (χ3n) is 1.69. The Kier molecular flexibility index (Phi) is 2.02. The second-order valence-corrected chi connectivity index (χ2v) is 3.50. The standard InChI is InChI=1S/C8H7N3OS/c9-8-11(7(12)5-13-8)6-2-1-3-10-4-6/h1-4,9H,5H2. The number of thioether (sulfide) groups is 1. The summed E-state index contributed by atoms with van der Waals surface area (Å²) in [6, 6.07) is 3.52. The van der Waals surface area contributed by atoms with E-state index in [1.54, 1.807) is 24.5 Å². The zero-order valence-electron chi connectivity index (χ0n) is 6.73. The Morgan fingerprint density at radius 3 is 3.00 bits per heavy atom. The number of nitrogens with zero attached hydrogens (tertiary/aromatic N) is 2. The van der Waals surface area contributed by atoms with Crippen molar-refractivity contribution >= 4 is 28.5 Å². The van der Waals surface area contributed by atoms with Gasteiger partial charge in [0, 0.05) is 6.20 Å². The van der Waals surface area contributed by atoms with Crippen LogP contribution in [0.5, 0.6) is 0 Å². The molecular formula is C8H7N3OS. The van der Waals surface area contributed by atoms with Crippen molar-refractivity contribution in [2.24, 2.45) is 0 Å². The van der Waals surface area contributed by atoms with Crippen LogP contribution in [0.15, 0.2) is 24.5 Å². The highest BCUT2D eigenvalue weighted by atomic mass is 32.2. The summed E-state index contributed by atoms with van der Waals surface area (Å²) in [6.07, 6.45) is 3.22. The predicted molar refractivity (Wildman–Crippen MR) is 51.9 cm³/mol. The third-order valence-corrected chi connectivity index (χ3v) is 2.54. The van der Waals surface area contributed by atoms with Crippen LogP contribution in [0, 0.1) is 5.41 Å². The number of carbonyl (C=O) groups excluding carboxylic acids is 1. The molecule has 1 aromatic heterocycles. The van der Waals surface area contributed by atoms with Gasteiger partial charge in [-0.15, -0.1) is 0 Å². The van der Waals surface area contributed by atoms with Crippen LogP contribution in [0.2, 0.25) is 0 Å². The Balaban J connectivity index is 2.36. The molecular weight excluding hydrogens is 186 g/mol. The van der Waals surface area contributed by atoms with Crippen LogP contribution in [0.4, 0.5) is 5.69 Å². The Morgan fingerprint density at radius 2 is 2.46 bits per heavy atom. The van der Waals surface area contributed by atoms with Gasteiger partial charge in [-0.3, -0.25) is 20.1 Å². The van der Waals surface area contributed by atoms with Crippen molar-refractivity contribution in [1.82, 2.24) is 4.98 Å². The van der Waals surface area contributed by atoms with E-state index in [4.69, 9.17) is 5.41 Å². The Bertz CT molecular complexity index is 336. The molecule has 1 aliphatic heterocycles.